The Morgan fingerprint density at radius 1 is 0.923 bits per heavy atom. The molecule has 0 aliphatic rings. The summed E-state index contributed by atoms with van der Waals surface area (Å²) in [6, 6.07) is 19.1. The highest BCUT2D eigenvalue weighted by Crippen LogP contribution is 2.27. The van der Waals surface area contributed by atoms with Gasteiger partial charge in [0.05, 0.1) is 11.4 Å². The lowest BCUT2D eigenvalue weighted by Crippen LogP contribution is -2.21. The maximum Gasteiger partial charge on any atom is 0.324 e. The van der Waals surface area contributed by atoms with E-state index in [0.29, 0.717) is 53.5 Å². The van der Waals surface area contributed by atoms with Crippen LogP contribution in [0.15, 0.2) is 79.1 Å². The number of ether oxygens (including phenoxy) is 1. The first-order chi connectivity index (χ1) is 18.7. The molecule has 4 aromatic rings. The highest BCUT2D eigenvalue weighted by atomic mass is 16.5. The summed E-state index contributed by atoms with van der Waals surface area (Å²) in [5.74, 6) is 1.77. The number of hydrogen-bond acceptors (Lipinski definition) is 6. The minimum absolute atomic E-state index is 0.00268. The van der Waals surface area contributed by atoms with Gasteiger partial charge in [0, 0.05) is 48.2 Å². The van der Waals surface area contributed by atoms with E-state index >= 15 is 0 Å². The number of carbonyl (C=O) groups excluding carboxylic acids is 2. The van der Waals surface area contributed by atoms with Crippen molar-refractivity contribution in [1.29, 1.82) is 0 Å². The molecular weight excluding hydrogens is 494 g/mol. The molecular formula is C30H33N5O4. The summed E-state index contributed by atoms with van der Waals surface area (Å²) in [4.78, 5) is 29.6. The van der Waals surface area contributed by atoms with Gasteiger partial charge in [0.2, 0.25) is 0 Å². The zero-order chi connectivity index (χ0) is 27.8. The molecule has 0 saturated carbocycles. The zero-order valence-corrected chi connectivity index (χ0v) is 22.3. The molecule has 2 heterocycles. The Hall–Kier alpha value is -4.50. The quantitative estimate of drug-likeness (QED) is 0.163. The molecule has 0 unspecified atom stereocenters. The van der Waals surface area contributed by atoms with Gasteiger partial charge >= 0.3 is 6.03 Å². The third-order valence-corrected chi connectivity index (χ3v) is 5.94. The third-order valence-electron chi connectivity index (χ3n) is 5.94. The van der Waals surface area contributed by atoms with Gasteiger partial charge in [-0.3, -0.25) is 15.1 Å². The molecule has 0 spiro atoms. The minimum atomic E-state index is -0.435. The maximum absolute atomic E-state index is 12.9. The predicted molar refractivity (Wildman–Crippen MR) is 151 cm³/mol. The lowest BCUT2D eigenvalue weighted by atomic mass is 9.92. The molecule has 2 aromatic carbocycles. The number of rotatable bonds is 10. The Morgan fingerprint density at radius 3 is 2.33 bits per heavy atom. The molecule has 9 nitrogen and oxygen atoms in total. The molecule has 202 valence electrons. The molecule has 4 rings (SSSR count). The number of nitrogens with one attached hydrogen (secondary N) is 2. The van der Waals surface area contributed by atoms with Crippen LogP contribution in [0.2, 0.25) is 0 Å². The first kappa shape index (κ1) is 27.5. The first-order valence-corrected chi connectivity index (χ1v) is 12.8. The van der Waals surface area contributed by atoms with Crippen LogP contribution in [-0.2, 0) is 5.41 Å². The van der Waals surface area contributed by atoms with Crippen molar-refractivity contribution in [2.24, 2.45) is 0 Å². The van der Waals surface area contributed by atoms with E-state index in [2.05, 4.69) is 15.6 Å². The molecule has 0 aliphatic carbocycles. The lowest BCUT2D eigenvalue weighted by Gasteiger charge is -2.14. The van der Waals surface area contributed by atoms with Crippen LogP contribution in [0.5, 0.6) is 11.5 Å². The normalized spacial score (nSPS) is 11.2. The smallest absolute Gasteiger partial charge is 0.324 e. The highest BCUT2D eigenvalue weighted by Gasteiger charge is 2.22. The van der Waals surface area contributed by atoms with Crippen molar-refractivity contribution >= 4 is 23.3 Å². The van der Waals surface area contributed by atoms with Gasteiger partial charge in [-0.1, -0.05) is 32.9 Å². The van der Waals surface area contributed by atoms with Crippen molar-refractivity contribution in [2.45, 2.75) is 45.4 Å². The molecule has 0 saturated heterocycles. The molecule has 2 aromatic heterocycles. The van der Waals surface area contributed by atoms with Crippen LogP contribution < -0.4 is 15.4 Å². The van der Waals surface area contributed by atoms with E-state index in [9.17, 15) is 9.59 Å². The number of hydrogen-bond donors (Lipinski definition) is 3. The molecule has 3 N–H and O–H groups in total. The third kappa shape index (κ3) is 7.52. The van der Waals surface area contributed by atoms with Crippen LogP contribution in [0.3, 0.4) is 0 Å². The summed E-state index contributed by atoms with van der Waals surface area (Å²) in [6.45, 7) is 6.19. The molecule has 0 bridgehead atoms. The fraction of sp³-hybridized carbons (Fsp3) is 0.267. The number of pyridine rings is 1. The van der Waals surface area contributed by atoms with Gasteiger partial charge in [-0.2, -0.15) is 5.10 Å². The van der Waals surface area contributed by atoms with Crippen molar-refractivity contribution in [3.8, 4) is 17.2 Å². The number of amides is 2. The largest absolute Gasteiger partial charge is 0.457 e. The van der Waals surface area contributed by atoms with Crippen molar-refractivity contribution in [3.05, 3.63) is 90.4 Å². The molecule has 2 amide bonds. The molecule has 39 heavy (non-hydrogen) atoms. The van der Waals surface area contributed by atoms with Crippen LogP contribution >= 0.6 is 0 Å². The van der Waals surface area contributed by atoms with Crippen LogP contribution in [-0.4, -0.2) is 38.3 Å². The predicted octanol–water partition coefficient (Wildman–Crippen LogP) is 6.35. The maximum atomic E-state index is 12.9. The van der Waals surface area contributed by atoms with Gasteiger partial charge in [0.25, 0.3) is 0 Å². The van der Waals surface area contributed by atoms with Crippen LogP contribution in [0, 0.1) is 0 Å². The van der Waals surface area contributed by atoms with E-state index in [1.54, 1.807) is 71.7 Å². The second kappa shape index (κ2) is 12.4. The van der Waals surface area contributed by atoms with Gasteiger partial charge in [0.1, 0.15) is 17.3 Å². The van der Waals surface area contributed by atoms with Crippen LogP contribution in [0.1, 0.15) is 56.1 Å². The number of anilines is 2. The number of nitrogens with zero attached hydrogens (tertiary/aromatic N) is 3. The van der Waals surface area contributed by atoms with E-state index in [0.717, 1.165) is 5.69 Å². The summed E-state index contributed by atoms with van der Waals surface area (Å²) in [5, 5.41) is 19.5. The van der Waals surface area contributed by atoms with E-state index < -0.39 is 6.03 Å². The topological polar surface area (TPSA) is 118 Å². The summed E-state index contributed by atoms with van der Waals surface area (Å²) in [5.41, 5.74) is 2.33. The van der Waals surface area contributed by atoms with E-state index in [4.69, 9.17) is 14.9 Å². The second-order valence-electron chi connectivity index (χ2n) is 10.1. The Bertz CT molecular complexity index is 1410. The number of aromatic nitrogens is 3. The molecule has 0 aliphatic heterocycles. The van der Waals surface area contributed by atoms with E-state index in [1.165, 1.54) is 0 Å². The van der Waals surface area contributed by atoms with Gasteiger partial charge in [-0.25, -0.2) is 9.48 Å². The first-order valence-electron chi connectivity index (χ1n) is 12.8. The number of ketones is 1. The van der Waals surface area contributed by atoms with Crippen LogP contribution in [0.25, 0.3) is 5.69 Å². The SMILES string of the molecule is CC(C)(C)c1cc(NC(=O)Nc2ccc(Oc3ccncc3)cc2)n(-c2cccc(C(=O)CCCCO)c2)n1. The number of unbranched alkanes of at least 4 members (excludes halogenated alkanes) is 1. The number of Topliss-reactive ketones (excluding diaryl/α,β-unsaturated/α-hetero) is 1. The average Bonchev–Trinajstić information content (AvgIpc) is 3.35. The fourth-order valence-corrected chi connectivity index (χ4v) is 3.81. The number of aliphatic hydroxyl groups excluding tert-OH is 1. The average molecular weight is 528 g/mol. The molecule has 0 fully saturated rings. The summed E-state index contributed by atoms with van der Waals surface area (Å²) < 4.78 is 7.41. The Kier molecular flexibility index (Phi) is 8.73. The van der Waals surface area contributed by atoms with E-state index in [-0.39, 0.29) is 17.8 Å². The standard InChI is InChI=1S/C30H33N5O4/c1-30(2,3)27-20-28(35(34-27)23-8-6-7-21(19-23)26(37)9-4-5-18-36)33-29(38)32-22-10-12-24(13-11-22)39-25-14-16-31-17-15-25/h6-8,10-17,19-20,36H,4-5,9,18H2,1-3H3,(H2,32,33,38). The summed E-state index contributed by atoms with van der Waals surface area (Å²) in [7, 11) is 0. The Balaban J connectivity index is 1.50. The van der Waals surface area contributed by atoms with Gasteiger partial charge in [0.15, 0.2) is 5.78 Å². The second-order valence-corrected chi connectivity index (χ2v) is 10.1. The summed E-state index contributed by atoms with van der Waals surface area (Å²) >= 11 is 0. The lowest BCUT2D eigenvalue weighted by molar-refractivity contribution is 0.0977. The van der Waals surface area contributed by atoms with Crippen molar-refractivity contribution < 1.29 is 19.4 Å². The number of benzene rings is 2. The Labute approximate surface area is 227 Å². The highest BCUT2D eigenvalue weighted by molar-refractivity contribution is 5.99. The van der Waals surface area contributed by atoms with Gasteiger partial charge in [-0.15, -0.1) is 0 Å². The number of carbonyl (C=O) groups is 2. The monoisotopic (exact) mass is 527 g/mol. The van der Waals surface area contributed by atoms with Gasteiger partial charge < -0.3 is 15.2 Å². The number of aliphatic hydroxyl groups is 1. The Morgan fingerprint density at radius 2 is 1.64 bits per heavy atom. The van der Waals surface area contributed by atoms with E-state index in [1.807, 2.05) is 32.9 Å². The molecule has 0 radical (unpaired) electrons. The minimum Gasteiger partial charge on any atom is -0.457 e. The molecule has 9 heteroatoms. The van der Waals surface area contributed by atoms with Crippen molar-refractivity contribution in [1.82, 2.24) is 14.8 Å². The fourth-order valence-electron chi connectivity index (χ4n) is 3.81. The molecule has 0 atom stereocenters. The van der Waals surface area contributed by atoms with Crippen molar-refractivity contribution in [3.63, 3.8) is 0 Å². The van der Waals surface area contributed by atoms with Crippen LogP contribution in [0.4, 0.5) is 16.3 Å². The summed E-state index contributed by atoms with van der Waals surface area (Å²) in [6.07, 6.45) is 4.87. The number of urea groups is 1. The zero-order valence-electron chi connectivity index (χ0n) is 22.3. The van der Waals surface area contributed by atoms with Gasteiger partial charge in [-0.05, 0) is 61.4 Å². The van der Waals surface area contributed by atoms with Crippen molar-refractivity contribution in [2.75, 3.05) is 17.2 Å².